The molecule has 0 bridgehead atoms. The monoisotopic (exact) mass is 408 g/mol. The molecule has 1 fully saturated rings. The number of amides is 2. The van der Waals surface area contributed by atoms with Crippen LogP contribution in [0.1, 0.15) is 6.42 Å². The van der Waals surface area contributed by atoms with Crippen molar-refractivity contribution >= 4 is 46.4 Å². The highest BCUT2D eigenvalue weighted by atomic mass is 35.5. The van der Waals surface area contributed by atoms with Gasteiger partial charge in [0.05, 0.1) is 31.5 Å². The van der Waals surface area contributed by atoms with Gasteiger partial charge in [0.25, 0.3) is 0 Å². The van der Waals surface area contributed by atoms with Gasteiger partial charge in [-0.3, -0.25) is 9.59 Å². The maximum absolute atomic E-state index is 12.7. The molecule has 142 valence electrons. The van der Waals surface area contributed by atoms with Crippen molar-refractivity contribution < 1.29 is 19.1 Å². The van der Waals surface area contributed by atoms with Gasteiger partial charge in [-0.25, -0.2) is 0 Å². The average Bonchev–Trinajstić information content (AvgIpc) is 3.03. The summed E-state index contributed by atoms with van der Waals surface area (Å²) in [4.78, 5) is 26.7. The van der Waals surface area contributed by atoms with Crippen molar-refractivity contribution in [1.29, 1.82) is 0 Å². The van der Waals surface area contributed by atoms with Gasteiger partial charge in [-0.15, -0.1) is 0 Å². The third kappa shape index (κ3) is 4.12. The number of methoxy groups -OCH3 is 2. The number of ether oxygens (including phenoxy) is 2. The normalized spacial score (nSPS) is 16.4. The van der Waals surface area contributed by atoms with Crippen molar-refractivity contribution in [1.82, 2.24) is 0 Å². The summed E-state index contributed by atoms with van der Waals surface area (Å²) in [5.74, 6) is 0.0295. The highest BCUT2D eigenvalue weighted by Crippen LogP contribution is 2.36. The first kappa shape index (κ1) is 19.3. The molecule has 6 nitrogen and oxygen atoms in total. The largest absolute Gasteiger partial charge is 0.495 e. The first-order chi connectivity index (χ1) is 12.9. The molecule has 2 aromatic carbocycles. The summed E-state index contributed by atoms with van der Waals surface area (Å²) in [6.07, 6.45) is 0.0877. The van der Waals surface area contributed by atoms with Crippen LogP contribution in [0.5, 0.6) is 11.5 Å². The standard InChI is InChI=1S/C19H18Cl2N2O4/c1-26-16-5-3-12(20)8-14(16)22-19(25)11-7-18(24)23(10-11)15-9-13(21)4-6-17(15)27-2/h3-6,8-9,11H,7,10H2,1-2H3,(H,22,25)/t11-/m1/s1. The molecule has 1 N–H and O–H groups in total. The van der Waals surface area contributed by atoms with Crippen LogP contribution in [0, 0.1) is 5.92 Å². The molecule has 0 radical (unpaired) electrons. The molecule has 3 rings (SSSR count). The summed E-state index contributed by atoms with van der Waals surface area (Å²) >= 11 is 12.1. The number of anilines is 2. The van der Waals surface area contributed by atoms with Crippen molar-refractivity contribution in [3.8, 4) is 11.5 Å². The SMILES string of the molecule is COc1ccc(Cl)cc1NC(=O)[C@@H]1CC(=O)N(c2cc(Cl)ccc2OC)C1. The Morgan fingerprint density at radius 1 is 1.07 bits per heavy atom. The molecule has 1 saturated heterocycles. The molecule has 27 heavy (non-hydrogen) atoms. The van der Waals surface area contributed by atoms with Gasteiger partial charge >= 0.3 is 0 Å². The van der Waals surface area contributed by atoms with Crippen molar-refractivity contribution in [3.63, 3.8) is 0 Å². The number of hydrogen-bond donors (Lipinski definition) is 1. The number of nitrogens with one attached hydrogen (secondary N) is 1. The Balaban J connectivity index is 1.79. The zero-order valence-corrected chi connectivity index (χ0v) is 16.3. The summed E-state index contributed by atoms with van der Waals surface area (Å²) in [5, 5.41) is 3.75. The van der Waals surface area contributed by atoms with Gasteiger partial charge < -0.3 is 19.7 Å². The Morgan fingerprint density at radius 3 is 2.37 bits per heavy atom. The highest BCUT2D eigenvalue weighted by Gasteiger charge is 2.36. The lowest BCUT2D eigenvalue weighted by atomic mass is 10.1. The number of benzene rings is 2. The van der Waals surface area contributed by atoms with E-state index in [-0.39, 0.29) is 24.8 Å². The average molecular weight is 409 g/mol. The zero-order chi connectivity index (χ0) is 19.6. The second-order valence-electron chi connectivity index (χ2n) is 6.06. The van der Waals surface area contributed by atoms with Crippen LogP contribution in [0.2, 0.25) is 10.0 Å². The minimum Gasteiger partial charge on any atom is -0.495 e. The van der Waals surface area contributed by atoms with Gasteiger partial charge in [0.15, 0.2) is 0 Å². The van der Waals surface area contributed by atoms with Crippen LogP contribution < -0.4 is 19.7 Å². The number of carbonyl (C=O) groups is 2. The summed E-state index contributed by atoms with van der Waals surface area (Å²) in [6, 6.07) is 9.96. The van der Waals surface area contributed by atoms with Gasteiger partial charge in [-0.05, 0) is 36.4 Å². The molecular weight excluding hydrogens is 391 g/mol. The molecule has 0 aliphatic carbocycles. The first-order valence-electron chi connectivity index (χ1n) is 8.21. The van der Waals surface area contributed by atoms with Crippen molar-refractivity contribution in [2.24, 2.45) is 5.92 Å². The Labute approximate surface area is 167 Å². The van der Waals surface area contributed by atoms with Crippen molar-refractivity contribution in [2.45, 2.75) is 6.42 Å². The summed E-state index contributed by atoms with van der Waals surface area (Å²) < 4.78 is 10.5. The topological polar surface area (TPSA) is 67.9 Å². The molecule has 1 aliphatic rings. The fraction of sp³-hybridized carbons (Fsp3) is 0.263. The fourth-order valence-electron chi connectivity index (χ4n) is 3.00. The van der Waals surface area contributed by atoms with Gasteiger partial charge in [0, 0.05) is 23.0 Å². The molecule has 1 aliphatic heterocycles. The van der Waals surface area contributed by atoms with Crippen LogP contribution >= 0.6 is 23.2 Å². The molecule has 0 aromatic heterocycles. The third-order valence-corrected chi connectivity index (χ3v) is 4.82. The zero-order valence-electron chi connectivity index (χ0n) is 14.8. The van der Waals surface area contributed by atoms with E-state index in [0.29, 0.717) is 32.9 Å². The number of halogens is 2. The van der Waals surface area contributed by atoms with E-state index in [9.17, 15) is 9.59 Å². The van der Waals surface area contributed by atoms with Crippen LogP contribution in [-0.4, -0.2) is 32.6 Å². The van der Waals surface area contributed by atoms with Crippen molar-refractivity contribution in [2.75, 3.05) is 31.0 Å². The fourth-order valence-corrected chi connectivity index (χ4v) is 3.34. The maximum atomic E-state index is 12.7. The van der Waals surface area contributed by atoms with E-state index in [1.807, 2.05) is 0 Å². The van der Waals surface area contributed by atoms with E-state index in [0.717, 1.165) is 0 Å². The predicted molar refractivity (Wildman–Crippen MR) is 105 cm³/mol. The Bertz CT molecular complexity index is 888. The minimum atomic E-state index is -0.523. The summed E-state index contributed by atoms with van der Waals surface area (Å²) in [7, 11) is 3.02. The van der Waals surface area contributed by atoms with Crippen LogP contribution in [0.3, 0.4) is 0 Å². The van der Waals surface area contributed by atoms with Crippen molar-refractivity contribution in [3.05, 3.63) is 46.4 Å². The van der Waals surface area contributed by atoms with Crippen LogP contribution in [0.4, 0.5) is 11.4 Å². The minimum absolute atomic E-state index is 0.0877. The molecule has 0 spiro atoms. The van der Waals surface area contributed by atoms with E-state index >= 15 is 0 Å². The maximum Gasteiger partial charge on any atom is 0.229 e. The third-order valence-electron chi connectivity index (χ3n) is 4.35. The molecule has 0 saturated carbocycles. The van der Waals surface area contributed by atoms with Gasteiger partial charge in [-0.2, -0.15) is 0 Å². The number of nitrogens with zero attached hydrogens (tertiary/aromatic N) is 1. The molecule has 1 heterocycles. The number of rotatable bonds is 5. The molecular formula is C19H18Cl2N2O4. The number of hydrogen-bond acceptors (Lipinski definition) is 4. The van der Waals surface area contributed by atoms with Crippen LogP contribution in [-0.2, 0) is 9.59 Å². The Hall–Kier alpha value is -2.44. The van der Waals surface area contributed by atoms with E-state index in [1.54, 1.807) is 36.4 Å². The Kier molecular flexibility index (Phi) is 5.77. The first-order valence-corrected chi connectivity index (χ1v) is 8.97. The van der Waals surface area contributed by atoms with Gasteiger partial charge in [-0.1, -0.05) is 23.2 Å². The predicted octanol–water partition coefficient (Wildman–Crippen LogP) is 4.00. The van der Waals surface area contributed by atoms with Crippen LogP contribution in [0.15, 0.2) is 36.4 Å². The Morgan fingerprint density at radius 2 is 1.70 bits per heavy atom. The summed E-state index contributed by atoms with van der Waals surface area (Å²) in [5.41, 5.74) is 1.01. The summed E-state index contributed by atoms with van der Waals surface area (Å²) in [6.45, 7) is 0.226. The lowest BCUT2D eigenvalue weighted by Gasteiger charge is -2.20. The van der Waals surface area contributed by atoms with Gasteiger partial charge in [0.2, 0.25) is 11.8 Å². The molecule has 2 amide bonds. The van der Waals surface area contributed by atoms with Gasteiger partial charge in [0.1, 0.15) is 11.5 Å². The number of carbonyl (C=O) groups excluding carboxylic acids is 2. The second-order valence-corrected chi connectivity index (χ2v) is 6.93. The van der Waals surface area contributed by atoms with E-state index in [2.05, 4.69) is 5.32 Å². The molecule has 0 unspecified atom stereocenters. The molecule has 1 atom stereocenters. The smallest absolute Gasteiger partial charge is 0.229 e. The molecule has 2 aromatic rings. The van der Waals surface area contributed by atoms with Crippen LogP contribution in [0.25, 0.3) is 0 Å². The quantitative estimate of drug-likeness (QED) is 0.811. The van der Waals surface area contributed by atoms with E-state index < -0.39 is 5.92 Å². The lowest BCUT2D eigenvalue weighted by molar-refractivity contribution is -0.122. The van der Waals surface area contributed by atoms with E-state index in [4.69, 9.17) is 32.7 Å². The van der Waals surface area contributed by atoms with E-state index in [1.165, 1.54) is 19.1 Å². The second kappa shape index (κ2) is 8.06. The highest BCUT2D eigenvalue weighted by molar-refractivity contribution is 6.31. The molecule has 8 heteroatoms. The lowest BCUT2D eigenvalue weighted by Crippen LogP contribution is -2.28.